The van der Waals surface area contributed by atoms with Gasteiger partial charge in [0, 0.05) is 0 Å². The van der Waals surface area contributed by atoms with Gasteiger partial charge in [-0.1, -0.05) is 0 Å². The first kappa shape index (κ1) is 11.1. The SMILES string of the molecule is CC(C)(C)OC(=O)OC(F)(F)F. The van der Waals surface area contributed by atoms with Crippen LogP contribution in [0.15, 0.2) is 0 Å². The fourth-order valence-corrected chi connectivity index (χ4v) is 0.365. The molecule has 0 heterocycles. The van der Waals surface area contributed by atoms with Gasteiger partial charge >= 0.3 is 12.5 Å². The van der Waals surface area contributed by atoms with E-state index in [1.165, 1.54) is 20.8 Å². The minimum absolute atomic E-state index is 0.984. The quantitative estimate of drug-likeness (QED) is 0.545. The number of carbonyl (C=O) groups is 1. The van der Waals surface area contributed by atoms with E-state index < -0.39 is 18.1 Å². The molecule has 0 spiro atoms. The van der Waals surface area contributed by atoms with Gasteiger partial charge < -0.3 is 9.47 Å². The Kier molecular flexibility index (Phi) is 2.95. The van der Waals surface area contributed by atoms with Crippen LogP contribution in [-0.2, 0) is 9.47 Å². The van der Waals surface area contributed by atoms with Gasteiger partial charge in [-0.3, -0.25) is 0 Å². The Morgan fingerprint density at radius 3 is 1.75 bits per heavy atom. The van der Waals surface area contributed by atoms with Crippen molar-refractivity contribution in [2.24, 2.45) is 0 Å². The molecule has 6 heteroatoms. The third-order valence-corrected chi connectivity index (χ3v) is 0.589. The normalized spacial score (nSPS) is 12.5. The van der Waals surface area contributed by atoms with Crippen LogP contribution in [0, 0.1) is 0 Å². The fourth-order valence-electron chi connectivity index (χ4n) is 0.365. The van der Waals surface area contributed by atoms with Crippen LogP contribution in [-0.4, -0.2) is 18.1 Å². The van der Waals surface area contributed by atoms with Gasteiger partial charge in [0.15, 0.2) is 0 Å². The van der Waals surface area contributed by atoms with Crippen molar-refractivity contribution in [2.45, 2.75) is 32.7 Å². The van der Waals surface area contributed by atoms with Crippen molar-refractivity contribution in [3.05, 3.63) is 0 Å². The molecule has 0 aromatic carbocycles. The number of alkyl halides is 3. The molecule has 0 aliphatic carbocycles. The summed E-state index contributed by atoms with van der Waals surface area (Å²) >= 11 is 0. The molecule has 0 N–H and O–H groups in total. The Bertz CT molecular complexity index is 150. The van der Waals surface area contributed by atoms with Gasteiger partial charge in [-0.05, 0) is 20.8 Å². The van der Waals surface area contributed by atoms with Crippen molar-refractivity contribution in [3.8, 4) is 0 Å². The van der Waals surface area contributed by atoms with Crippen LogP contribution in [0.1, 0.15) is 20.8 Å². The van der Waals surface area contributed by atoms with E-state index >= 15 is 0 Å². The second-order valence-corrected chi connectivity index (χ2v) is 3.01. The van der Waals surface area contributed by atoms with Crippen LogP contribution in [0.3, 0.4) is 0 Å². The molecule has 72 valence electrons. The van der Waals surface area contributed by atoms with Gasteiger partial charge in [-0.2, -0.15) is 0 Å². The van der Waals surface area contributed by atoms with E-state index in [1.54, 1.807) is 0 Å². The zero-order valence-corrected chi connectivity index (χ0v) is 6.86. The maximum Gasteiger partial charge on any atom is 0.577 e. The number of ether oxygens (including phenoxy) is 2. The Hall–Kier alpha value is -0.940. The predicted molar refractivity (Wildman–Crippen MR) is 33.4 cm³/mol. The minimum atomic E-state index is -4.98. The molecule has 0 aliphatic heterocycles. The minimum Gasteiger partial charge on any atom is -0.428 e. The zero-order chi connectivity index (χ0) is 9.99. The van der Waals surface area contributed by atoms with Crippen LogP contribution < -0.4 is 0 Å². The molecular weight excluding hydrogens is 177 g/mol. The third-order valence-electron chi connectivity index (χ3n) is 0.589. The van der Waals surface area contributed by atoms with Crippen LogP contribution >= 0.6 is 0 Å². The maximum atomic E-state index is 11.4. The van der Waals surface area contributed by atoms with Crippen LogP contribution in [0.25, 0.3) is 0 Å². The summed E-state index contributed by atoms with van der Waals surface area (Å²) in [6, 6.07) is 0. The van der Waals surface area contributed by atoms with Gasteiger partial charge in [0.25, 0.3) is 0 Å². The summed E-state index contributed by atoms with van der Waals surface area (Å²) in [5.41, 5.74) is -0.984. The van der Waals surface area contributed by atoms with Crippen molar-refractivity contribution < 1.29 is 27.4 Å². The molecule has 0 atom stereocenters. The van der Waals surface area contributed by atoms with Crippen LogP contribution in [0.5, 0.6) is 0 Å². The lowest BCUT2D eigenvalue weighted by molar-refractivity contribution is -0.301. The molecule has 0 radical (unpaired) electrons. The van der Waals surface area contributed by atoms with Crippen molar-refractivity contribution in [2.75, 3.05) is 0 Å². The second-order valence-electron chi connectivity index (χ2n) is 3.01. The highest BCUT2D eigenvalue weighted by Crippen LogP contribution is 2.19. The molecule has 0 aromatic heterocycles. The molecule has 3 nitrogen and oxygen atoms in total. The number of hydrogen-bond acceptors (Lipinski definition) is 3. The van der Waals surface area contributed by atoms with E-state index in [4.69, 9.17) is 0 Å². The molecular formula is C6H9F3O3. The molecule has 12 heavy (non-hydrogen) atoms. The van der Waals surface area contributed by atoms with Crippen molar-refractivity contribution in [1.82, 2.24) is 0 Å². The van der Waals surface area contributed by atoms with E-state index in [0.29, 0.717) is 0 Å². The largest absolute Gasteiger partial charge is 0.577 e. The molecule has 0 amide bonds. The number of halogens is 3. The first-order valence-corrected chi connectivity index (χ1v) is 3.09. The van der Waals surface area contributed by atoms with Crippen molar-refractivity contribution in [3.63, 3.8) is 0 Å². The summed E-state index contributed by atoms with van der Waals surface area (Å²) in [7, 11) is 0. The molecule has 0 aromatic rings. The third kappa shape index (κ3) is 7.17. The second kappa shape index (κ2) is 3.20. The summed E-state index contributed by atoms with van der Waals surface area (Å²) in [4.78, 5) is 10.3. The lowest BCUT2D eigenvalue weighted by atomic mass is 10.2. The molecule has 0 aliphatic rings. The highest BCUT2D eigenvalue weighted by molar-refractivity contribution is 5.60. The topological polar surface area (TPSA) is 35.5 Å². The van der Waals surface area contributed by atoms with Crippen LogP contribution in [0.4, 0.5) is 18.0 Å². The lowest BCUT2D eigenvalue weighted by Gasteiger charge is -2.19. The predicted octanol–water partition coefficient (Wildman–Crippen LogP) is 2.46. The zero-order valence-electron chi connectivity index (χ0n) is 6.86. The van der Waals surface area contributed by atoms with E-state index in [-0.39, 0.29) is 0 Å². The molecule has 0 saturated carbocycles. The van der Waals surface area contributed by atoms with Gasteiger partial charge in [-0.15, -0.1) is 13.2 Å². The van der Waals surface area contributed by atoms with Crippen molar-refractivity contribution in [1.29, 1.82) is 0 Å². The Balaban J connectivity index is 3.92. The number of carbonyl (C=O) groups excluding carboxylic acids is 1. The monoisotopic (exact) mass is 186 g/mol. The van der Waals surface area contributed by atoms with E-state index in [2.05, 4.69) is 9.47 Å². The fraction of sp³-hybridized carbons (Fsp3) is 0.833. The first-order chi connectivity index (χ1) is 5.10. The van der Waals surface area contributed by atoms with Gasteiger partial charge in [0.1, 0.15) is 5.60 Å². The highest BCUT2D eigenvalue weighted by Gasteiger charge is 2.36. The summed E-state index contributed by atoms with van der Waals surface area (Å²) < 4.78 is 41.3. The lowest BCUT2D eigenvalue weighted by Crippen LogP contribution is -2.28. The smallest absolute Gasteiger partial charge is 0.428 e. The molecule has 0 rings (SSSR count). The average Bonchev–Trinajstić information content (AvgIpc) is 1.49. The van der Waals surface area contributed by atoms with Gasteiger partial charge in [0.2, 0.25) is 0 Å². The summed E-state index contributed by atoms with van der Waals surface area (Å²) in [6.45, 7) is 4.31. The number of hydrogen-bond donors (Lipinski definition) is 0. The Morgan fingerprint density at radius 2 is 1.50 bits per heavy atom. The molecule has 0 fully saturated rings. The highest BCUT2D eigenvalue weighted by atomic mass is 19.4. The molecule has 0 saturated heterocycles. The van der Waals surface area contributed by atoms with Gasteiger partial charge in [-0.25, -0.2) is 4.79 Å². The standard InChI is InChI=1S/C6H9F3O3/c1-5(2,3)11-4(10)12-6(7,8)9/h1-3H3. The molecule has 0 bridgehead atoms. The summed E-state index contributed by atoms with van der Waals surface area (Å²) in [5, 5.41) is 0. The van der Waals surface area contributed by atoms with E-state index in [0.717, 1.165) is 0 Å². The molecule has 0 unspecified atom stereocenters. The maximum absolute atomic E-state index is 11.4. The van der Waals surface area contributed by atoms with Crippen molar-refractivity contribution >= 4 is 6.16 Å². The summed E-state index contributed by atoms with van der Waals surface area (Å²) in [5.74, 6) is 0. The number of rotatable bonds is 0. The Labute approximate surface area is 67.4 Å². The van der Waals surface area contributed by atoms with Gasteiger partial charge in [0.05, 0.1) is 0 Å². The van der Waals surface area contributed by atoms with E-state index in [9.17, 15) is 18.0 Å². The average molecular weight is 186 g/mol. The van der Waals surface area contributed by atoms with Crippen LogP contribution in [0.2, 0.25) is 0 Å². The van der Waals surface area contributed by atoms with E-state index in [1.807, 2.05) is 0 Å². The summed E-state index contributed by atoms with van der Waals surface area (Å²) in [6.07, 6.45) is -6.72. The Morgan fingerprint density at radius 1 is 1.08 bits per heavy atom. The first-order valence-electron chi connectivity index (χ1n) is 3.09.